The molecule has 2 aliphatic rings. The van der Waals surface area contributed by atoms with Crippen molar-refractivity contribution in [1.82, 2.24) is 9.97 Å². The van der Waals surface area contributed by atoms with Crippen molar-refractivity contribution >= 4 is 5.82 Å². The van der Waals surface area contributed by atoms with Crippen molar-refractivity contribution in [3.05, 3.63) is 18.1 Å². The maximum atomic E-state index is 5.69. The summed E-state index contributed by atoms with van der Waals surface area (Å²) in [5, 5.41) is 0. The van der Waals surface area contributed by atoms with Crippen molar-refractivity contribution in [2.45, 2.75) is 39.0 Å². The highest BCUT2D eigenvalue weighted by molar-refractivity contribution is 5.40. The van der Waals surface area contributed by atoms with Crippen molar-refractivity contribution in [3.63, 3.8) is 0 Å². The largest absolute Gasteiger partial charge is 0.381 e. The molecule has 4 nitrogen and oxygen atoms in total. The zero-order chi connectivity index (χ0) is 13.3. The van der Waals surface area contributed by atoms with E-state index in [1.54, 1.807) is 0 Å². The molecule has 0 radical (unpaired) electrons. The fraction of sp³-hybridized carbons (Fsp3) is 0.733. The second-order valence-corrected chi connectivity index (χ2v) is 6.26. The van der Waals surface area contributed by atoms with Crippen LogP contribution >= 0.6 is 0 Å². The summed E-state index contributed by atoms with van der Waals surface area (Å²) in [6.07, 6.45) is 5.62. The van der Waals surface area contributed by atoms with Gasteiger partial charge in [-0.3, -0.25) is 0 Å². The predicted molar refractivity (Wildman–Crippen MR) is 75.4 cm³/mol. The number of ether oxygens (including phenoxy) is 1. The van der Waals surface area contributed by atoms with Crippen LogP contribution in [0.1, 0.15) is 44.9 Å². The molecule has 1 unspecified atom stereocenters. The zero-order valence-electron chi connectivity index (χ0n) is 11.9. The Hall–Kier alpha value is -1.16. The number of hydrogen-bond donors (Lipinski definition) is 0. The molecule has 2 saturated heterocycles. The smallest absolute Gasteiger partial charge is 0.133 e. The van der Waals surface area contributed by atoms with Crippen LogP contribution in [0.25, 0.3) is 0 Å². The maximum absolute atomic E-state index is 5.69. The summed E-state index contributed by atoms with van der Waals surface area (Å²) in [7, 11) is 0. The lowest BCUT2D eigenvalue weighted by Gasteiger charge is -2.33. The fourth-order valence-corrected chi connectivity index (χ4v) is 3.18. The normalized spacial score (nSPS) is 27.4. The van der Waals surface area contributed by atoms with E-state index in [1.165, 1.54) is 19.3 Å². The molecule has 1 aromatic heterocycles. The van der Waals surface area contributed by atoms with E-state index in [0.717, 1.165) is 37.9 Å². The lowest BCUT2D eigenvalue weighted by molar-refractivity contribution is 0.00437. The number of hydrogen-bond acceptors (Lipinski definition) is 4. The van der Waals surface area contributed by atoms with E-state index in [-0.39, 0.29) is 0 Å². The minimum atomic E-state index is 0.376. The molecule has 1 spiro atoms. The fourth-order valence-electron chi connectivity index (χ4n) is 3.18. The van der Waals surface area contributed by atoms with Crippen LogP contribution in [-0.4, -0.2) is 36.3 Å². The molecule has 3 rings (SSSR count). The summed E-state index contributed by atoms with van der Waals surface area (Å²) < 4.78 is 5.69. The van der Waals surface area contributed by atoms with E-state index in [9.17, 15) is 0 Å². The first-order valence-corrected chi connectivity index (χ1v) is 7.34. The second-order valence-electron chi connectivity index (χ2n) is 6.26. The van der Waals surface area contributed by atoms with Crippen molar-refractivity contribution < 1.29 is 4.74 Å². The van der Waals surface area contributed by atoms with Gasteiger partial charge in [0, 0.05) is 37.2 Å². The molecule has 0 amide bonds. The Morgan fingerprint density at radius 2 is 2.26 bits per heavy atom. The number of anilines is 1. The molecule has 19 heavy (non-hydrogen) atoms. The Labute approximate surface area is 115 Å². The van der Waals surface area contributed by atoms with Crippen LogP contribution in [0.3, 0.4) is 0 Å². The first kappa shape index (κ1) is 12.9. The van der Waals surface area contributed by atoms with Gasteiger partial charge >= 0.3 is 0 Å². The highest BCUT2D eigenvalue weighted by Gasteiger charge is 2.40. The highest BCUT2D eigenvalue weighted by Crippen LogP contribution is 2.39. The molecular formula is C15H23N3O. The van der Waals surface area contributed by atoms with Crippen LogP contribution in [0.4, 0.5) is 5.82 Å². The molecular weight excluding hydrogens is 238 g/mol. The van der Waals surface area contributed by atoms with Crippen LogP contribution in [0.2, 0.25) is 0 Å². The minimum absolute atomic E-state index is 0.376. The number of aromatic nitrogens is 2. The van der Waals surface area contributed by atoms with Gasteiger partial charge in [0.25, 0.3) is 0 Å². The van der Waals surface area contributed by atoms with Gasteiger partial charge in [-0.05, 0) is 25.3 Å². The Morgan fingerprint density at radius 3 is 3.00 bits per heavy atom. The standard InChI is InChI=1S/C15H23N3O/c1-12(2)14-16-7-4-13(17-14)18-8-6-15(10-18)5-3-9-19-11-15/h4,7,12H,3,5-6,8-11H2,1-2H3. The molecule has 1 atom stereocenters. The lowest BCUT2D eigenvalue weighted by atomic mass is 9.82. The average Bonchev–Trinajstić information content (AvgIpc) is 2.83. The van der Waals surface area contributed by atoms with E-state index in [2.05, 4.69) is 23.7 Å². The molecule has 3 heterocycles. The molecule has 0 bridgehead atoms. The van der Waals surface area contributed by atoms with E-state index >= 15 is 0 Å². The Morgan fingerprint density at radius 1 is 1.37 bits per heavy atom. The third-order valence-electron chi connectivity index (χ3n) is 4.34. The van der Waals surface area contributed by atoms with Gasteiger partial charge in [-0.15, -0.1) is 0 Å². The molecule has 4 heteroatoms. The summed E-state index contributed by atoms with van der Waals surface area (Å²) in [4.78, 5) is 11.5. The van der Waals surface area contributed by atoms with E-state index in [4.69, 9.17) is 9.72 Å². The van der Waals surface area contributed by atoms with Crippen LogP contribution < -0.4 is 4.90 Å². The van der Waals surface area contributed by atoms with Crippen LogP contribution in [0.15, 0.2) is 12.3 Å². The monoisotopic (exact) mass is 261 g/mol. The highest BCUT2D eigenvalue weighted by atomic mass is 16.5. The first-order chi connectivity index (χ1) is 9.19. The minimum Gasteiger partial charge on any atom is -0.381 e. The van der Waals surface area contributed by atoms with Gasteiger partial charge in [0.05, 0.1) is 6.61 Å². The van der Waals surface area contributed by atoms with E-state index in [1.807, 2.05) is 12.3 Å². The zero-order valence-corrected chi connectivity index (χ0v) is 11.9. The Bertz CT molecular complexity index is 441. The third kappa shape index (κ3) is 2.59. The summed E-state index contributed by atoms with van der Waals surface area (Å²) in [5.74, 6) is 2.41. The van der Waals surface area contributed by atoms with Gasteiger partial charge in [-0.25, -0.2) is 9.97 Å². The molecule has 0 N–H and O–H groups in total. The lowest BCUT2D eigenvalue weighted by Crippen LogP contribution is -2.35. The van der Waals surface area contributed by atoms with Crippen LogP contribution in [-0.2, 0) is 4.74 Å². The van der Waals surface area contributed by atoms with Gasteiger partial charge in [0.15, 0.2) is 0 Å². The van der Waals surface area contributed by atoms with Gasteiger partial charge < -0.3 is 9.64 Å². The topological polar surface area (TPSA) is 38.2 Å². The van der Waals surface area contributed by atoms with E-state index in [0.29, 0.717) is 11.3 Å². The van der Waals surface area contributed by atoms with Gasteiger partial charge in [-0.2, -0.15) is 0 Å². The molecule has 1 aromatic rings. The van der Waals surface area contributed by atoms with Gasteiger partial charge in [0.1, 0.15) is 11.6 Å². The van der Waals surface area contributed by atoms with Crippen molar-refractivity contribution in [2.75, 3.05) is 31.2 Å². The van der Waals surface area contributed by atoms with Crippen molar-refractivity contribution in [2.24, 2.45) is 5.41 Å². The quantitative estimate of drug-likeness (QED) is 0.820. The van der Waals surface area contributed by atoms with Gasteiger partial charge in [0.2, 0.25) is 0 Å². The second kappa shape index (κ2) is 5.08. The molecule has 104 valence electrons. The summed E-state index contributed by atoms with van der Waals surface area (Å²) >= 11 is 0. The third-order valence-corrected chi connectivity index (χ3v) is 4.34. The molecule has 2 aliphatic heterocycles. The molecule has 2 fully saturated rings. The summed E-state index contributed by atoms with van der Waals surface area (Å²) in [6, 6.07) is 2.04. The predicted octanol–water partition coefficient (Wildman–Crippen LogP) is 2.61. The Balaban J connectivity index is 1.75. The van der Waals surface area contributed by atoms with Crippen molar-refractivity contribution in [3.8, 4) is 0 Å². The van der Waals surface area contributed by atoms with Crippen molar-refractivity contribution in [1.29, 1.82) is 0 Å². The number of nitrogens with zero attached hydrogens (tertiary/aromatic N) is 3. The summed E-state index contributed by atoms with van der Waals surface area (Å²) in [5.41, 5.74) is 0.376. The maximum Gasteiger partial charge on any atom is 0.133 e. The summed E-state index contributed by atoms with van der Waals surface area (Å²) in [6.45, 7) is 8.32. The molecule has 0 saturated carbocycles. The molecule has 0 aliphatic carbocycles. The van der Waals surface area contributed by atoms with Gasteiger partial charge in [-0.1, -0.05) is 13.8 Å². The van der Waals surface area contributed by atoms with Crippen LogP contribution in [0, 0.1) is 5.41 Å². The van der Waals surface area contributed by atoms with E-state index < -0.39 is 0 Å². The number of rotatable bonds is 2. The Kier molecular flexibility index (Phi) is 3.44. The van der Waals surface area contributed by atoms with Crippen LogP contribution in [0.5, 0.6) is 0 Å². The first-order valence-electron chi connectivity index (χ1n) is 7.34. The average molecular weight is 261 g/mol. The molecule has 0 aromatic carbocycles. The SMILES string of the molecule is CC(C)c1nccc(N2CCC3(CCCOC3)C2)n1.